The fraction of sp³-hybridized carbons (Fsp3) is 1.00. The van der Waals surface area contributed by atoms with Crippen molar-refractivity contribution in [3.05, 3.63) is 0 Å². The molecule has 48 valence electrons. The first-order valence-corrected chi connectivity index (χ1v) is 5.35. The Bertz CT molecular complexity index is 53.3. The molecule has 0 spiro atoms. The van der Waals surface area contributed by atoms with E-state index in [1.54, 1.807) is 0 Å². The van der Waals surface area contributed by atoms with E-state index in [2.05, 4.69) is 37.6 Å². The van der Waals surface area contributed by atoms with Crippen LogP contribution in [0.15, 0.2) is 0 Å². The highest BCUT2D eigenvalue weighted by atomic mass is 127. The first-order chi connectivity index (χ1) is 3.77. The lowest BCUT2D eigenvalue weighted by molar-refractivity contribution is 0.680. The topological polar surface area (TPSA) is 3.24 Å². The van der Waals surface area contributed by atoms with Crippen LogP contribution in [-0.2, 0) is 12.6 Å². The predicted octanol–water partition coefficient (Wildman–Crippen LogP) is -0.0218. The molecule has 0 saturated carbocycles. The summed E-state index contributed by atoms with van der Waals surface area (Å²) in [5, 5.41) is 0. The molecular weight excluding hydrogens is 248 g/mol. The Morgan fingerprint density at radius 3 is 2.50 bits per heavy atom. The van der Waals surface area contributed by atoms with Gasteiger partial charge in [0.1, 0.15) is 5.75 Å². The third-order valence-corrected chi connectivity index (χ3v) is 2.18. The monoisotopic (exact) mass is 260 g/mol. The van der Waals surface area contributed by atoms with Gasteiger partial charge in [-0.05, 0) is 54.9 Å². The zero-order valence-corrected chi connectivity index (χ0v) is 10.3. The molecule has 0 heterocycles. The summed E-state index contributed by atoms with van der Waals surface area (Å²) < 4.78 is 2.32. The third kappa shape index (κ3) is 7.57. The maximum atomic E-state index is 3.43. The van der Waals surface area contributed by atoms with Gasteiger partial charge in [-0.1, -0.05) is 0 Å². The molecule has 0 aliphatic carbocycles. The molecule has 0 radical (unpaired) electrons. The molecule has 1 nitrogen and oxygen atoms in total. The van der Waals surface area contributed by atoms with Gasteiger partial charge in [-0.2, -0.15) is 0 Å². The largest absolute Gasteiger partial charge is 0.336 e. The van der Waals surface area contributed by atoms with Crippen molar-refractivity contribution in [2.24, 2.45) is 0 Å². The Labute approximate surface area is 78.7 Å². The van der Waals surface area contributed by atoms with Gasteiger partial charge in [0.2, 0.25) is 0 Å². The number of hydrogen-bond acceptors (Lipinski definition) is 1. The van der Waals surface area contributed by atoms with Crippen LogP contribution < -0.4 is 0 Å². The average molecular weight is 260 g/mol. The number of halogens is 1. The molecule has 0 aliphatic heterocycles. The van der Waals surface area contributed by atoms with E-state index in [1.165, 1.54) is 35.9 Å². The van der Waals surface area contributed by atoms with Crippen molar-refractivity contribution in [3.63, 3.8) is 0 Å². The number of hydrogen-bond donors (Lipinski definition) is 0. The number of rotatable bonds is 4. The van der Waals surface area contributed by atoms with E-state index < -0.39 is 0 Å². The summed E-state index contributed by atoms with van der Waals surface area (Å²) in [6.45, 7) is 1.26. The van der Waals surface area contributed by atoms with Crippen LogP contribution in [0.4, 0.5) is 0 Å². The summed E-state index contributed by atoms with van der Waals surface area (Å²) in [4.78, 5) is 0. The molecule has 0 amide bonds. The van der Waals surface area contributed by atoms with E-state index in [4.69, 9.17) is 0 Å². The fourth-order valence-corrected chi connectivity index (χ4v) is 1.36. The lowest BCUT2D eigenvalue weighted by atomic mass is 10.3. The van der Waals surface area contributed by atoms with Gasteiger partial charge in [-0.15, -0.1) is 0 Å². The van der Waals surface area contributed by atoms with Crippen molar-refractivity contribution in [1.82, 2.24) is 2.10 Å². The highest BCUT2D eigenvalue weighted by molar-refractivity contribution is 14.1. The maximum Gasteiger partial charge on any atom is 0.335 e. The normalized spacial score (nSPS) is 10.4. The van der Waals surface area contributed by atoms with Crippen molar-refractivity contribution in [2.75, 3.05) is 12.3 Å². The smallest absolute Gasteiger partial charge is 0.335 e. The molecule has 0 aliphatic rings. The van der Waals surface area contributed by atoms with Crippen LogP contribution in [0.2, 0.25) is 0 Å². The van der Waals surface area contributed by atoms with E-state index in [0.29, 0.717) is 0 Å². The Morgan fingerprint density at radius 1 is 1.50 bits per heavy atom. The van der Waals surface area contributed by atoms with Crippen molar-refractivity contribution in [3.8, 4) is 0 Å². The predicted molar refractivity (Wildman–Crippen MR) is 53.5 cm³/mol. The highest BCUT2D eigenvalue weighted by Crippen LogP contribution is 1.95. The minimum absolute atomic E-state index is 1.14. The van der Waals surface area contributed by atoms with Crippen LogP contribution in [0.3, 0.4) is 0 Å². The Hall–Kier alpha value is 1.57. The Kier molecular flexibility index (Phi) is 8.00. The van der Waals surface area contributed by atoms with E-state index in [9.17, 15) is 0 Å². The SMILES string of the molecule is [AlH2][N](I)CCCC[SH2+]. The summed E-state index contributed by atoms with van der Waals surface area (Å²) in [7, 11) is 0. The second-order valence-electron chi connectivity index (χ2n) is 1.79. The summed E-state index contributed by atoms with van der Waals surface area (Å²) in [6, 6.07) is 0. The van der Waals surface area contributed by atoms with Crippen LogP contribution in [0, 0.1) is 0 Å². The molecule has 0 aromatic rings. The van der Waals surface area contributed by atoms with Crippen molar-refractivity contribution in [1.29, 1.82) is 0 Å². The standard InChI is InChI=1S/C4H9INS.Al.2H/c5-6-3-1-2-4-7;;;/h7H,1-4H2;;;/q-1;+1;;/p+1. The van der Waals surface area contributed by atoms with Gasteiger partial charge in [0.15, 0.2) is 0 Å². The lowest BCUT2D eigenvalue weighted by Gasteiger charge is -2.04. The molecule has 0 rings (SSSR count). The molecule has 0 unspecified atom stereocenters. The van der Waals surface area contributed by atoms with Gasteiger partial charge < -0.3 is 2.10 Å². The lowest BCUT2D eigenvalue weighted by Crippen LogP contribution is -2.07. The Morgan fingerprint density at radius 2 is 2.12 bits per heavy atom. The van der Waals surface area contributed by atoms with Crippen molar-refractivity contribution in [2.45, 2.75) is 12.8 Å². The van der Waals surface area contributed by atoms with Gasteiger partial charge >= 0.3 is 16.5 Å². The summed E-state index contributed by atoms with van der Waals surface area (Å²) >= 11 is 6.98. The fourth-order valence-electron chi connectivity index (χ4n) is 0.455. The zero-order chi connectivity index (χ0) is 6.41. The number of nitrogens with zero attached hydrogens (tertiary/aromatic N) is 1. The molecule has 0 bridgehead atoms. The summed E-state index contributed by atoms with van der Waals surface area (Å²) in [6.07, 6.45) is 2.63. The summed E-state index contributed by atoms with van der Waals surface area (Å²) in [5.74, 6) is 1.14. The minimum atomic E-state index is 1.14. The average Bonchev–Trinajstić information content (AvgIpc) is 1.66. The third-order valence-electron chi connectivity index (χ3n) is 0.893. The first-order valence-electron chi connectivity index (χ1n) is 2.79. The molecular formula is C4H12AlINS+. The molecule has 0 aromatic carbocycles. The van der Waals surface area contributed by atoms with Crippen LogP contribution in [-0.4, -0.2) is 30.9 Å². The van der Waals surface area contributed by atoms with Crippen LogP contribution in [0.5, 0.6) is 0 Å². The van der Waals surface area contributed by atoms with Crippen LogP contribution in [0.25, 0.3) is 0 Å². The van der Waals surface area contributed by atoms with Gasteiger partial charge in [0.25, 0.3) is 0 Å². The quantitative estimate of drug-likeness (QED) is 0.226. The van der Waals surface area contributed by atoms with Crippen LogP contribution in [0.1, 0.15) is 12.8 Å². The van der Waals surface area contributed by atoms with E-state index >= 15 is 0 Å². The second kappa shape index (κ2) is 6.69. The van der Waals surface area contributed by atoms with Crippen LogP contribution >= 0.6 is 22.9 Å². The van der Waals surface area contributed by atoms with E-state index in [1.807, 2.05) is 0 Å². The van der Waals surface area contributed by atoms with Crippen molar-refractivity contribution >= 4 is 52.0 Å². The maximum absolute atomic E-state index is 3.43. The summed E-state index contributed by atoms with van der Waals surface area (Å²) in [5.41, 5.74) is 0. The van der Waals surface area contributed by atoms with Gasteiger partial charge in [0.05, 0.1) is 0 Å². The molecule has 0 atom stereocenters. The molecule has 0 N–H and O–H groups in total. The Balaban J connectivity index is 2.72. The second-order valence-corrected chi connectivity index (χ2v) is 6.83. The first kappa shape index (κ1) is 9.57. The minimum Gasteiger partial charge on any atom is -0.336 e. The van der Waals surface area contributed by atoms with E-state index in [-0.39, 0.29) is 0 Å². The zero-order valence-electron chi connectivity index (χ0n) is 5.15. The van der Waals surface area contributed by atoms with E-state index in [0.717, 1.165) is 5.75 Å². The molecule has 0 fully saturated rings. The van der Waals surface area contributed by atoms with Gasteiger partial charge in [-0.25, -0.2) is 0 Å². The number of unbranched alkanes of at least 4 members (excludes halogenated alkanes) is 1. The van der Waals surface area contributed by atoms with Gasteiger partial charge in [0, 0.05) is 0 Å². The van der Waals surface area contributed by atoms with Gasteiger partial charge in [-0.3, -0.25) is 0 Å². The highest BCUT2D eigenvalue weighted by Gasteiger charge is 1.90. The molecule has 8 heavy (non-hydrogen) atoms. The molecule has 4 heteroatoms. The molecule has 0 saturated heterocycles. The molecule has 0 aromatic heterocycles. The van der Waals surface area contributed by atoms with Crippen molar-refractivity contribution < 1.29 is 0 Å².